The summed E-state index contributed by atoms with van der Waals surface area (Å²) in [6, 6.07) is 7.27. The minimum atomic E-state index is -4.06. The predicted molar refractivity (Wildman–Crippen MR) is 95.1 cm³/mol. The van der Waals surface area contributed by atoms with Gasteiger partial charge >= 0.3 is 0 Å². The number of benzene rings is 2. The van der Waals surface area contributed by atoms with Crippen LogP contribution in [0.2, 0.25) is 0 Å². The summed E-state index contributed by atoms with van der Waals surface area (Å²) in [6.07, 6.45) is 0. The molecule has 0 bridgehead atoms. The Kier molecular flexibility index (Phi) is 5.54. The Morgan fingerprint density at radius 2 is 1.78 bits per heavy atom. The monoisotopic (exact) mass is 396 g/mol. The van der Waals surface area contributed by atoms with Crippen molar-refractivity contribution in [2.24, 2.45) is 0 Å². The van der Waals surface area contributed by atoms with E-state index in [2.05, 4.69) is 5.32 Å². The van der Waals surface area contributed by atoms with Crippen LogP contribution in [0, 0.1) is 18.6 Å². The summed E-state index contributed by atoms with van der Waals surface area (Å²) >= 11 is 0. The molecule has 1 aliphatic heterocycles. The van der Waals surface area contributed by atoms with Crippen molar-refractivity contribution in [3.05, 3.63) is 59.2 Å². The van der Waals surface area contributed by atoms with Crippen LogP contribution in [0.1, 0.15) is 15.9 Å². The number of carbonyl (C=O) groups excluding carboxylic acids is 1. The second kappa shape index (κ2) is 7.71. The van der Waals surface area contributed by atoms with Crippen molar-refractivity contribution in [2.45, 2.75) is 11.8 Å². The van der Waals surface area contributed by atoms with Crippen LogP contribution >= 0.6 is 0 Å². The number of morpholine rings is 1. The first-order valence-corrected chi connectivity index (χ1v) is 9.68. The van der Waals surface area contributed by atoms with E-state index < -0.39 is 32.5 Å². The van der Waals surface area contributed by atoms with Crippen molar-refractivity contribution in [3.8, 4) is 0 Å². The zero-order valence-corrected chi connectivity index (χ0v) is 15.4. The molecule has 1 saturated heterocycles. The van der Waals surface area contributed by atoms with Crippen LogP contribution in [0.5, 0.6) is 0 Å². The molecule has 2 aromatic carbocycles. The summed E-state index contributed by atoms with van der Waals surface area (Å²) in [7, 11) is -4.06. The molecule has 144 valence electrons. The summed E-state index contributed by atoms with van der Waals surface area (Å²) in [5.74, 6) is -2.08. The molecular weight excluding hydrogens is 378 g/mol. The SMILES string of the molecule is Cc1ccc(C(=O)Nc2ccc(F)c(S(=O)(=O)N3CCOCC3)c2)cc1F. The van der Waals surface area contributed by atoms with E-state index in [1.165, 1.54) is 18.2 Å². The minimum absolute atomic E-state index is 0.0695. The summed E-state index contributed by atoms with van der Waals surface area (Å²) in [5, 5.41) is 2.47. The molecule has 1 aliphatic rings. The summed E-state index contributed by atoms with van der Waals surface area (Å²) in [4.78, 5) is 11.7. The summed E-state index contributed by atoms with van der Waals surface area (Å²) < 4.78 is 59.4. The maximum atomic E-state index is 14.2. The maximum Gasteiger partial charge on any atom is 0.255 e. The van der Waals surface area contributed by atoms with Crippen LogP contribution in [0.4, 0.5) is 14.5 Å². The second-order valence-electron chi connectivity index (χ2n) is 6.08. The lowest BCUT2D eigenvalue weighted by Crippen LogP contribution is -2.40. The highest BCUT2D eigenvalue weighted by atomic mass is 32.2. The average Bonchev–Trinajstić information content (AvgIpc) is 2.66. The number of amides is 1. The van der Waals surface area contributed by atoms with Crippen LogP contribution < -0.4 is 5.32 Å². The molecule has 3 rings (SSSR count). The Hall–Kier alpha value is -2.36. The molecule has 1 N–H and O–H groups in total. The molecule has 1 fully saturated rings. The van der Waals surface area contributed by atoms with Gasteiger partial charge in [-0.1, -0.05) is 6.07 Å². The third kappa shape index (κ3) is 4.15. The maximum absolute atomic E-state index is 14.2. The number of ether oxygens (including phenoxy) is 1. The third-order valence-electron chi connectivity index (χ3n) is 4.21. The van der Waals surface area contributed by atoms with Gasteiger partial charge < -0.3 is 10.1 Å². The molecule has 0 aliphatic carbocycles. The topological polar surface area (TPSA) is 75.7 Å². The van der Waals surface area contributed by atoms with E-state index in [1.54, 1.807) is 6.92 Å². The Bertz CT molecular complexity index is 973. The normalized spacial score (nSPS) is 15.5. The number of rotatable bonds is 4. The highest BCUT2D eigenvalue weighted by Crippen LogP contribution is 2.24. The number of aryl methyl sites for hydroxylation is 1. The van der Waals surface area contributed by atoms with E-state index in [0.29, 0.717) is 5.56 Å². The molecule has 1 heterocycles. The van der Waals surface area contributed by atoms with E-state index in [4.69, 9.17) is 4.74 Å². The molecule has 0 aromatic heterocycles. The van der Waals surface area contributed by atoms with Gasteiger partial charge in [0.15, 0.2) is 0 Å². The quantitative estimate of drug-likeness (QED) is 0.862. The molecule has 6 nitrogen and oxygen atoms in total. The molecule has 0 spiro atoms. The van der Waals surface area contributed by atoms with Crippen LogP contribution in [0.3, 0.4) is 0 Å². The Balaban J connectivity index is 1.86. The summed E-state index contributed by atoms with van der Waals surface area (Å²) in [6.45, 7) is 2.29. The van der Waals surface area contributed by atoms with Gasteiger partial charge in [-0.25, -0.2) is 17.2 Å². The Morgan fingerprint density at radius 3 is 2.44 bits per heavy atom. The Labute approximate surface area is 155 Å². The Morgan fingerprint density at radius 1 is 1.07 bits per heavy atom. The number of hydrogen-bond acceptors (Lipinski definition) is 4. The number of nitrogens with one attached hydrogen (secondary N) is 1. The fraction of sp³-hybridized carbons (Fsp3) is 0.278. The summed E-state index contributed by atoms with van der Waals surface area (Å²) in [5.41, 5.74) is 0.557. The van der Waals surface area contributed by atoms with Crippen LogP contribution in [-0.2, 0) is 14.8 Å². The molecule has 9 heteroatoms. The first-order chi connectivity index (χ1) is 12.8. The minimum Gasteiger partial charge on any atom is -0.379 e. The zero-order valence-electron chi connectivity index (χ0n) is 14.5. The van der Waals surface area contributed by atoms with Gasteiger partial charge in [0.05, 0.1) is 13.2 Å². The van der Waals surface area contributed by atoms with Crippen molar-refractivity contribution in [1.29, 1.82) is 0 Å². The fourth-order valence-electron chi connectivity index (χ4n) is 2.64. The number of sulfonamides is 1. The number of anilines is 1. The van der Waals surface area contributed by atoms with Crippen molar-refractivity contribution < 1.29 is 26.7 Å². The molecule has 27 heavy (non-hydrogen) atoms. The van der Waals surface area contributed by atoms with Crippen LogP contribution in [0.15, 0.2) is 41.3 Å². The van der Waals surface area contributed by atoms with Crippen LogP contribution in [0.25, 0.3) is 0 Å². The first-order valence-electron chi connectivity index (χ1n) is 8.24. The number of nitrogens with zero attached hydrogens (tertiary/aromatic N) is 1. The van der Waals surface area contributed by atoms with E-state index in [-0.39, 0.29) is 37.6 Å². The largest absolute Gasteiger partial charge is 0.379 e. The molecule has 1 amide bonds. The highest BCUT2D eigenvalue weighted by Gasteiger charge is 2.29. The van der Waals surface area contributed by atoms with Gasteiger partial charge in [-0.05, 0) is 42.8 Å². The van der Waals surface area contributed by atoms with Crippen molar-refractivity contribution in [3.63, 3.8) is 0 Å². The van der Waals surface area contributed by atoms with E-state index in [1.807, 2.05) is 0 Å². The third-order valence-corrected chi connectivity index (χ3v) is 6.12. The van der Waals surface area contributed by atoms with Crippen molar-refractivity contribution >= 4 is 21.6 Å². The van der Waals surface area contributed by atoms with Gasteiger partial charge in [-0.15, -0.1) is 0 Å². The fourth-order valence-corrected chi connectivity index (χ4v) is 4.14. The molecule has 2 aromatic rings. The van der Waals surface area contributed by atoms with Gasteiger partial charge in [0.1, 0.15) is 16.5 Å². The molecular formula is C18H18F2N2O4S. The lowest BCUT2D eigenvalue weighted by molar-refractivity contribution is 0.0729. The molecule has 0 atom stereocenters. The van der Waals surface area contributed by atoms with Crippen molar-refractivity contribution in [1.82, 2.24) is 4.31 Å². The average molecular weight is 396 g/mol. The highest BCUT2D eigenvalue weighted by molar-refractivity contribution is 7.89. The van der Waals surface area contributed by atoms with Gasteiger partial charge in [-0.2, -0.15) is 4.31 Å². The van der Waals surface area contributed by atoms with E-state index >= 15 is 0 Å². The molecule has 0 unspecified atom stereocenters. The van der Waals surface area contributed by atoms with Gasteiger partial charge in [0.2, 0.25) is 10.0 Å². The van der Waals surface area contributed by atoms with E-state index in [9.17, 15) is 22.0 Å². The van der Waals surface area contributed by atoms with E-state index in [0.717, 1.165) is 22.5 Å². The van der Waals surface area contributed by atoms with Crippen LogP contribution in [-0.4, -0.2) is 44.9 Å². The molecule has 0 radical (unpaired) electrons. The van der Waals surface area contributed by atoms with Gasteiger partial charge in [0.25, 0.3) is 5.91 Å². The standard InChI is InChI=1S/C18H18F2N2O4S/c1-12-2-3-13(10-16(12)20)18(23)21-14-4-5-15(19)17(11-14)27(24,25)22-6-8-26-9-7-22/h2-5,10-11H,6-9H2,1H3,(H,21,23). The predicted octanol–water partition coefficient (Wildman–Crippen LogP) is 2.55. The number of carbonyl (C=O) groups is 1. The lowest BCUT2D eigenvalue weighted by Gasteiger charge is -2.26. The zero-order chi connectivity index (χ0) is 19.6. The smallest absolute Gasteiger partial charge is 0.255 e. The van der Waals surface area contributed by atoms with Crippen molar-refractivity contribution in [2.75, 3.05) is 31.6 Å². The molecule has 0 saturated carbocycles. The lowest BCUT2D eigenvalue weighted by atomic mass is 10.1. The van der Waals surface area contributed by atoms with Gasteiger partial charge in [-0.3, -0.25) is 4.79 Å². The second-order valence-corrected chi connectivity index (χ2v) is 7.99. The first kappa shape index (κ1) is 19.4. The van der Waals surface area contributed by atoms with Gasteiger partial charge in [0, 0.05) is 24.3 Å². The number of halogens is 2. The number of hydrogen-bond donors (Lipinski definition) is 1.